The molecule has 2 heterocycles. The Hall–Kier alpha value is -2.23. The van der Waals surface area contributed by atoms with Gasteiger partial charge in [0.15, 0.2) is 0 Å². The maximum absolute atomic E-state index is 13.0. The van der Waals surface area contributed by atoms with Gasteiger partial charge in [-0.15, -0.1) is 0 Å². The number of nitrogens with zero attached hydrogens (tertiary/aromatic N) is 3. The number of pyridine rings is 1. The average Bonchev–Trinajstić information content (AvgIpc) is 2.78. The summed E-state index contributed by atoms with van der Waals surface area (Å²) in [6.45, 7) is 4.74. The second kappa shape index (κ2) is 10.1. The van der Waals surface area contributed by atoms with Crippen LogP contribution in [0.2, 0.25) is 0 Å². The second-order valence-electron chi connectivity index (χ2n) is 8.65. The Kier molecular flexibility index (Phi) is 7.74. The van der Waals surface area contributed by atoms with Crippen LogP contribution in [0.5, 0.6) is 0 Å². The molecule has 1 saturated heterocycles. The Labute approximate surface area is 190 Å². The lowest BCUT2D eigenvalue weighted by Gasteiger charge is -2.35. The van der Waals surface area contributed by atoms with Crippen molar-refractivity contribution in [2.75, 3.05) is 33.7 Å². The van der Waals surface area contributed by atoms with Gasteiger partial charge in [0.25, 0.3) is 5.91 Å². The summed E-state index contributed by atoms with van der Waals surface area (Å²) < 4.78 is 27.7. The lowest BCUT2D eigenvalue weighted by molar-refractivity contribution is 0.0945. The topological polar surface area (TPSA) is 91.7 Å². The van der Waals surface area contributed by atoms with Crippen molar-refractivity contribution >= 4 is 26.8 Å². The fraction of sp³-hybridized carbons (Fsp3) is 0.565. The summed E-state index contributed by atoms with van der Waals surface area (Å²) in [5.74, 6) is -0.431. The number of aryl methyl sites for hydroxylation is 1. The smallest absolute Gasteiger partial charge is 0.256 e. The summed E-state index contributed by atoms with van der Waals surface area (Å²) in [6, 6.07) is 5.05. The van der Waals surface area contributed by atoms with E-state index in [4.69, 9.17) is 0 Å². The first-order valence-electron chi connectivity index (χ1n) is 11.2. The van der Waals surface area contributed by atoms with Crippen LogP contribution < -0.4 is 10.7 Å². The minimum atomic E-state index is -3.69. The highest BCUT2D eigenvalue weighted by atomic mass is 32.2. The van der Waals surface area contributed by atoms with Gasteiger partial charge in [-0.25, -0.2) is 12.7 Å². The maximum Gasteiger partial charge on any atom is 0.256 e. The molecule has 3 rings (SSSR count). The number of benzene rings is 1. The van der Waals surface area contributed by atoms with Gasteiger partial charge >= 0.3 is 0 Å². The Bertz CT molecular complexity index is 1140. The number of aromatic nitrogens is 1. The van der Waals surface area contributed by atoms with Crippen LogP contribution in [0.4, 0.5) is 0 Å². The molecule has 1 N–H and O–H groups in total. The van der Waals surface area contributed by atoms with E-state index in [1.54, 1.807) is 17.7 Å². The molecule has 9 heteroatoms. The number of likely N-dealkylation sites (tertiary alicyclic amines) is 1. The van der Waals surface area contributed by atoms with Crippen molar-refractivity contribution in [1.82, 2.24) is 19.1 Å². The molecular formula is C23H34N4O4S. The van der Waals surface area contributed by atoms with Crippen LogP contribution in [0.3, 0.4) is 0 Å². The molecule has 1 aromatic carbocycles. The molecule has 1 aliphatic heterocycles. The fourth-order valence-corrected chi connectivity index (χ4v) is 5.33. The number of hydrogen-bond donors (Lipinski definition) is 1. The lowest BCUT2D eigenvalue weighted by atomic mass is 10.00. The second-order valence-corrected chi connectivity index (χ2v) is 10.8. The number of piperidine rings is 1. The highest BCUT2D eigenvalue weighted by Crippen LogP contribution is 2.20. The lowest BCUT2D eigenvalue weighted by Crippen LogP contribution is -2.40. The van der Waals surface area contributed by atoms with Gasteiger partial charge in [-0.3, -0.25) is 9.59 Å². The maximum atomic E-state index is 13.0. The quantitative estimate of drug-likeness (QED) is 0.607. The summed E-state index contributed by atoms with van der Waals surface area (Å²) in [5, 5.41) is 3.07. The first-order valence-corrected chi connectivity index (χ1v) is 12.7. The zero-order valence-electron chi connectivity index (χ0n) is 19.4. The molecule has 1 atom stereocenters. The van der Waals surface area contributed by atoms with Gasteiger partial charge in [0, 0.05) is 51.9 Å². The number of nitrogens with one attached hydrogen (secondary N) is 1. The highest BCUT2D eigenvalue weighted by Gasteiger charge is 2.22. The van der Waals surface area contributed by atoms with Crippen LogP contribution in [0.15, 0.2) is 34.1 Å². The molecule has 0 aliphatic carbocycles. The van der Waals surface area contributed by atoms with Crippen molar-refractivity contribution in [2.24, 2.45) is 7.05 Å². The van der Waals surface area contributed by atoms with Gasteiger partial charge < -0.3 is 14.8 Å². The van der Waals surface area contributed by atoms with E-state index in [-0.39, 0.29) is 15.8 Å². The van der Waals surface area contributed by atoms with Gasteiger partial charge in [0.1, 0.15) is 5.56 Å². The summed E-state index contributed by atoms with van der Waals surface area (Å²) in [7, 11) is 0.927. The molecule has 0 saturated carbocycles. The predicted octanol–water partition coefficient (Wildman–Crippen LogP) is 2.17. The van der Waals surface area contributed by atoms with Crippen molar-refractivity contribution in [3.05, 3.63) is 40.2 Å². The SMILES string of the molecule is CCC1CCCCN1CCCNC(=O)c1cn(C)c2ccc(S(=O)(=O)N(C)C)cc2c1=O. The van der Waals surface area contributed by atoms with Gasteiger partial charge in [-0.1, -0.05) is 13.3 Å². The summed E-state index contributed by atoms with van der Waals surface area (Å²) in [6.07, 6.45) is 7.22. The van der Waals surface area contributed by atoms with Gasteiger partial charge in [-0.2, -0.15) is 0 Å². The standard InChI is InChI=1S/C23H34N4O4S/c1-5-17-9-6-7-13-27(17)14-8-12-24-23(29)20-16-26(4)21-11-10-18(15-19(21)22(20)28)32(30,31)25(2)3/h10-11,15-17H,5-9,12-14H2,1-4H3,(H,24,29). The number of rotatable bonds is 8. The Morgan fingerprint density at radius 1 is 1.25 bits per heavy atom. The van der Waals surface area contributed by atoms with Crippen LogP contribution in [0, 0.1) is 0 Å². The highest BCUT2D eigenvalue weighted by molar-refractivity contribution is 7.89. The molecule has 32 heavy (non-hydrogen) atoms. The average molecular weight is 463 g/mol. The van der Waals surface area contributed by atoms with Crippen LogP contribution in [0.1, 0.15) is 49.4 Å². The normalized spacial score (nSPS) is 17.7. The Morgan fingerprint density at radius 2 is 2.00 bits per heavy atom. The van der Waals surface area contributed by atoms with E-state index >= 15 is 0 Å². The van der Waals surface area contributed by atoms with E-state index in [0.717, 1.165) is 30.2 Å². The molecule has 0 bridgehead atoms. The van der Waals surface area contributed by atoms with Crippen LogP contribution in [0.25, 0.3) is 10.9 Å². The van der Waals surface area contributed by atoms with Crippen LogP contribution in [-0.4, -0.2) is 67.9 Å². The molecule has 1 aromatic heterocycles. The van der Waals surface area contributed by atoms with E-state index in [1.165, 1.54) is 51.7 Å². The molecule has 0 radical (unpaired) electrons. The summed E-state index contributed by atoms with van der Waals surface area (Å²) in [4.78, 5) is 28.3. The molecule has 1 aliphatic rings. The van der Waals surface area contributed by atoms with Crippen molar-refractivity contribution in [3.8, 4) is 0 Å². The van der Waals surface area contributed by atoms with Crippen molar-refractivity contribution in [1.29, 1.82) is 0 Å². The first-order chi connectivity index (χ1) is 15.2. The van der Waals surface area contributed by atoms with Gasteiger partial charge in [0.05, 0.1) is 10.4 Å². The van der Waals surface area contributed by atoms with Gasteiger partial charge in [0.2, 0.25) is 15.5 Å². The number of carbonyl (C=O) groups excluding carboxylic acids is 1. The number of hydrogen-bond acceptors (Lipinski definition) is 5. The first kappa shape index (κ1) is 24.4. The molecule has 176 valence electrons. The van der Waals surface area contributed by atoms with E-state index in [1.807, 2.05) is 0 Å². The van der Waals surface area contributed by atoms with Crippen LogP contribution >= 0.6 is 0 Å². The van der Waals surface area contributed by atoms with E-state index in [0.29, 0.717) is 18.1 Å². The number of sulfonamides is 1. The van der Waals surface area contributed by atoms with Gasteiger partial charge in [-0.05, 0) is 50.4 Å². The third-order valence-electron chi connectivity index (χ3n) is 6.31. The van der Waals surface area contributed by atoms with Crippen molar-refractivity contribution < 1.29 is 13.2 Å². The molecular weight excluding hydrogens is 428 g/mol. The molecule has 1 amide bonds. The molecule has 8 nitrogen and oxygen atoms in total. The number of amides is 1. The molecule has 1 fully saturated rings. The largest absolute Gasteiger partial charge is 0.352 e. The minimum absolute atomic E-state index is 0.0174. The molecule has 2 aromatic rings. The number of carbonyl (C=O) groups is 1. The zero-order chi connectivity index (χ0) is 23.5. The predicted molar refractivity (Wildman–Crippen MR) is 127 cm³/mol. The zero-order valence-corrected chi connectivity index (χ0v) is 20.2. The summed E-state index contributed by atoms with van der Waals surface area (Å²) in [5.41, 5.74) is 0.122. The summed E-state index contributed by atoms with van der Waals surface area (Å²) >= 11 is 0. The molecule has 1 unspecified atom stereocenters. The Balaban J connectivity index is 1.75. The number of fused-ring (bicyclic) bond motifs is 1. The minimum Gasteiger partial charge on any atom is -0.352 e. The third kappa shape index (κ3) is 5.05. The third-order valence-corrected chi connectivity index (χ3v) is 8.12. The fourth-order valence-electron chi connectivity index (χ4n) is 4.40. The van der Waals surface area contributed by atoms with Crippen molar-refractivity contribution in [3.63, 3.8) is 0 Å². The van der Waals surface area contributed by atoms with E-state index in [9.17, 15) is 18.0 Å². The monoisotopic (exact) mass is 462 g/mol. The van der Waals surface area contributed by atoms with E-state index in [2.05, 4.69) is 17.1 Å². The van der Waals surface area contributed by atoms with E-state index < -0.39 is 21.4 Å². The molecule has 0 spiro atoms. The van der Waals surface area contributed by atoms with Crippen LogP contribution in [-0.2, 0) is 17.1 Å². The Morgan fingerprint density at radius 3 is 2.69 bits per heavy atom. The van der Waals surface area contributed by atoms with Crippen molar-refractivity contribution in [2.45, 2.75) is 50.0 Å².